The Labute approximate surface area is 261 Å². The number of hydrogen-bond donors (Lipinski definition) is 1. The van der Waals surface area contributed by atoms with E-state index in [0.29, 0.717) is 16.1 Å². The Morgan fingerprint density at radius 2 is 1.37 bits per heavy atom. The van der Waals surface area contributed by atoms with E-state index in [-0.39, 0.29) is 5.78 Å². The molecular weight excluding hydrogens is 569 g/mol. The van der Waals surface area contributed by atoms with Crippen molar-refractivity contribution in [1.29, 1.82) is 0 Å². The molecule has 1 N–H and O–H groups in total. The second kappa shape index (κ2) is 22.0. The highest BCUT2D eigenvalue weighted by atomic mass is 35.5. The van der Waals surface area contributed by atoms with Crippen LogP contribution >= 0.6 is 11.6 Å². The van der Waals surface area contributed by atoms with Crippen LogP contribution in [-0.4, -0.2) is 11.6 Å². The zero-order chi connectivity index (χ0) is 32.8. The predicted molar refractivity (Wildman–Crippen MR) is 180 cm³/mol. The summed E-state index contributed by atoms with van der Waals surface area (Å²) in [5.41, 5.74) is 3.33. The summed E-state index contributed by atoms with van der Waals surface area (Å²) in [6.45, 7) is 17.5. The average Bonchev–Trinajstić information content (AvgIpc) is 2.98. The van der Waals surface area contributed by atoms with E-state index < -0.39 is 11.7 Å². The number of halogens is 4. The lowest BCUT2D eigenvalue weighted by molar-refractivity contribution is -0.137. The quantitative estimate of drug-likeness (QED) is 0.124. The molecule has 7 heteroatoms. The summed E-state index contributed by atoms with van der Waals surface area (Å²) >= 11 is 5.93. The predicted octanol–water partition coefficient (Wildman–Crippen LogP) is 12.2. The molecular formula is C36H46ClF3N2O. The first-order valence-electron chi connectivity index (χ1n) is 14.5. The lowest BCUT2D eigenvalue weighted by atomic mass is 10.1. The Balaban J connectivity index is 0.000000762. The molecule has 0 atom stereocenters. The highest BCUT2D eigenvalue weighted by Gasteiger charge is 2.29. The topological polar surface area (TPSA) is 41.5 Å². The van der Waals surface area contributed by atoms with Crippen LogP contribution in [0.3, 0.4) is 0 Å². The SMILES string of the molecule is C=C/C=C(\N=C(C)Nc1ccc(C(C)=O)cc1)c1ccc(Cl)cc1.CCCC.CCCC.Cc1cccc(C(F)(F)F)c1. The van der Waals surface area contributed by atoms with Gasteiger partial charge < -0.3 is 5.32 Å². The van der Waals surface area contributed by atoms with Gasteiger partial charge in [-0.25, -0.2) is 4.99 Å². The minimum absolute atomic E-state index is 0.0471. The van der Waals surface area contributed by atoms with Crippen LogP contribution in [0, 0.1) is 6.92 Å². The van der Waals surface area contributed by atoms with Crippen LogP contribution in [0.4, 0.5) is 18.9 Å². The van der Waals surface area contributed by atoms with Crippen LogP contribution < -0.4 is 5.32 Å². The third kappa shape index (κ3) is 17.8. The van der Waals surface area contributed by atoms with Gasteiger partial charge in [-0.15, -0.1) is 0 Å². The number of carbonyl (C=O) groups is 1. The molecule has 0 aromatic heterocycles. The Kier molecular flexibility index (Phi) is 20.1. The number of rotatable bonds is 7. The zero-order valence-electron chi connectivity index (χ0n) is 26.5. The fourth-order valence-corrected chi connectivity index (χ4v) is 3.08. The van der Waals surface area contributed by atoms with Crippen LogP contribution in [-0.2, 0) is 6.18 Å². The number of benzene rings is 3. The highest BCUT2D eigenvalue weighted by Crippen LogP contribution is 2.29. The molecule has 3 nitrogen and oxygen atoms in total. The molecule has 43 heavy (non-hydrogen) atoms. The lowest BCUT2D eigenvalue weighted by Crippen LogP contribution is -2.07. The molecule has 0 spiro atoms. The third-order valence-corrected chi connectivity index (χ3v) is 5.92. The van der Waals surface area contributed by atoms with Crippen LogP contribution in [0.2, 0.25) is 5.02 Å². The van der Waals surface area contributed by atoms with Crippen molar-refractivity contribution in [3.63, 3.8) is 0 Å². The number of nitrogens with one attached hydrogen (secondary N) is 1. The van der Waals surface area contributed by atoms with Gasteiger partial charge in [0, 0.05) is 21.8 Å². The average molecular weight is 615 g/mol. The number of ketones is 1. The summed E-state index contributed by atoms with van der Waals surface area (Å²) < 4.78 is 35.9. The fourth-order valence-electron chi connectivity index (χ4n) is 2.96. The molecule has 234 valence electrons. The molecule has 3 rings (SSSR count). The van der Waals surface area contributed by atoms with E-state index in [1.54, 1.807) is 38.1 Å². The van der Waals surface area contributed by atoms with E-state index in [1.807, 2.05) is 49.4 Å². The van der Waals surface area contributed by atoms with Crippen LogP contribution in [0.15, 0.2) is 96.5 Å². The third-order valence-electron chi connectivity index (χ3n) is 5.67. The number of amidine groups is 1. The van der Waals surface area contributed by atoms with E-state index >= 15 is 0 Å². The first-order chi connectivity index (χ1) is 20.3. The molecule has 0 saturated carbocycles. The molecule has 0 aliphatic carbocycles. The molecule has 0 fully saturated rings. The largest absolute Gasteiger partial charge is 0.416 e. The maximum atomic E-state index is 12.0. The van der Waals surface area contributed by atoms with Crippen LogP contribution in [0.1, 0.15) is 94.3 Å². The van der Waals surface area contributed by atoms with Gasteiger partial charge in [0.2, 0.25) is 0 Å². The first-order valence-corrected chi connectivity index (χ1v) is 14.9. The van der Waals surface area contributed by atoms with Gasteiger partial charge in [0.05, 0.1) is 11.3 Å². The number of aryl methyl sites for hydroxylation is 1. The summed E-state index contributed by atoms with van der Waals surface area (Å²) in [7, 11) is 0. The molecule has 0 amide bonds. The van der Waals surface area contributed by atoms with Crippen LogP contribution in [0.5, 0.6) is 0 Å². The second-order valence-corrected chi connectivity index (χ2v) is 10.1. The summed E-state index contributed by atoms with van der Waals surface area (Å²) in [4.78, 5) is 15.9. The van der Waals surface area contributed by atoms with Gasteiger partial charge in [0.15, 0.2) is 5.78 Å². The maximum Gasteiger partial charge on any atom is 0.416 e. The highest BCUT2D eigenvalue weighted by molar-refractivity contribution is 6.30. The first kappa shape index (κ1) is 39.4. The second-order valence-electron chi connectivity index (χ2n) is 9.62. The van der Waals surface area contributed by atoms with Gasteiger partial charge in [0.25, 0.3) is 0 Å². The van der Waals surface area contributed by atoms with Crippen molar-refractivity contribution in [2.45, 2.75) is 80.3 Å². The van der Waals surface area contributed by atoms with Gasteiger partial charge in [-0.05, 0) is 69.3 Å². The fraction of sp³-hybridized carbons (Fsp3) is 0.333. The van der Waals surface area contributed by atoms with Crippen molar-refractivity contribution in [3.8, 4) is 0 Å². The number of alkyl halides is 3. The standard InChI is InChI=1S/C20H19ClN2O.C8H7F3.2C4H10/c1-4-5-20(17-6-10-18(21)11-7-17)23-15(3)22-19-12-8-16(9-13-19)14(2)24;1-6-3-2-4-7(5-6)8(9,10)11;2*1-3-4-2/h4-13H,1H2,2-3H3,(H,22,23);2-5H,1H3;2*3-4H2,1-2H3/b20-5-;;;. The minimum atomic E-state index is -4.22. The number of nitrogens with zero attached hydrogens (tertiary/aromatic N) is 1. The van der Waals surface area contributed by atoms with Crippen molar-refractivity contribution >= 4 is 34.6 Å². The van der Waals surface area contributed by atoms with Gasteiger partial charge in [-0.2, -0.15) is 13.2 Å². The Bertz CT molecular complexity index is 1270. The van der Waals surface area contributed by atoms with Crippen molar-refractivity contribution in [3.05, 3.63) is 119 Å². The van der Waals surface area contributed by atoms with E-state index in [2.05, 4.69) is 44.6 Å². The van der Waals surface area contributed by atoms with E-state index in [0.717, 1.165) is 34.9 Å². The number of unbranched alkanes of at least 4 members (excludes halogenated alkanes) is 2. The van der Waals surface area contributed by atoms with E-state index in [9.17, 15) is 18.0 Å². The van der Waals surface area contributed by atoms with Gasteiger partial charge in [-0.1, -0.05) is 114 Å². The normalized spacial score (nSPS) is 11.0. The minimum Gasteiger partial charge on any atom is -0.344 e. The van der Waals surface area contributed by atoms with Crippen molar-refractivity contribution in [2.24, 2.45) is 4.99 Å². The molecule has 0 saturated heterocycles. The van der Waals surface area contributed by atoms with Gasteiger partial charge in [0.1, 0.15) is 5.84 Å². The zero-order valence-corrected chi connectivity index (χ0v) is 27.2. The van der Waals surface area contributed by atoms with Crippen molar-refractivity contribution in [1.82, 2.24) is 0 Å². The van der Waals surface area contributed by atoms with Crippen molar-refractivity contribution in [2.75, 3.05) is 5.32 Å². The van der Waals surface area contributed by atoms with Gasteiger partial charge >= 0.3 is 6.18 Å². The van der Waals surface area contributed by atoms with E-state index in [1.165, 1.54) is 31.7 Å². The molecule has 0 unspecified atom stereocenters. The molecule has 0 heterocycles. The number of carbonyl (C=O) groups excluding carboxylic acids is 1. The van der Waals surface area contributed by atoms with Gasteiger partial charge in [-0.3, -0.25) is 4.79 Å². The number of anilines is 1. The lowest BCUT2D eigenvalue weighted by Gasteiger charge is -2.08. The Hall–Kier alpha value is -3.64. The summed E-state index contributed by atoms with van der Waals surface area (Å²) in [6.07, 6.45) is 4.60. The summed E-state index contributed by atoms with van der Waals surface area (Å²) in [6, 6.07) is 20.0. The molecule has 0 radical (unpaired) electrons. The molecule has 0 bridgehead atoms. The Morgan fingerprint density at radius 3 is 1.77 bits per heavy atom. The van der Waals surface area contributed by atoms with Crippen molar-refractivity contribution < 1.29 is 18.0 Å². The van der Waals surface area contributed by atoms with Crippen LogP contribution in [0.25, 0.3) is 5.70 Å². The molecule has 0 aliphatic heterocycles. The Morgan fingerprint density at radius 1 is 0.860 bits per heavy atom. The number of allylic oxidation sites excluding steroid dienone is 2. The molecule has 0 aliphatic rings. The number of Topliss-reactive ketones (excluding diaryl/α,β-unsaturated/α-hetero) is 1. The number of aliphatic imine (C=N–C) groups is 1. The summed E-state index contributed by atoms with van der Waals surface area (Å²) in [5, 5.41) is 3.90. The molecule has 3 aromatic rings. The monoisotopic (exact) mass is 614 g/mol. The van der Waals surface area contributed by atoms with E-state index in [4.69, 9.17) is 11.6 Å². The summed E-state index contributed by atoms with van der Waals surface area (Å²) in [5.74, 6) is 0.777. The molecule has 3 aromatic carbocycles. The smallest absolute Gasteiger partial charge is 0.344 e. The maximum absolute atomic E-state index is 12.0. The number of hydrogen-bond acceptors (Lipinski definition) is 2.